The summed E-state index contributed by atoms with van der Waals surface area (Å²) in [6.07, 6.45) is 5.45. The Kier molecular flexibility index (Phi) is 4.26. The van der Waals surface area contributed by atoms with Gasteiger partial charge in [-0.2, -0.15) is 0 Å². The summed E-state index contributed by atoms with van der Waals surface area (Å²) in [6.45, 7) is 0.980. The molecule has 3 nitrogen and oxygen atoms in total. The standard InChI is InChI=1S/C15H19BrN2OS/c1-19-13-7-11(16)6-12(8-13)18-14-17-9-15(10-20-14)4-2-3-5-15/h6-8H,2-5,9-10H2,1H3,(H,17,18). The van der Waals surface area contributed by atoms with Crippen molar-refractivity contribution >= 4 is 38.5 Å². The van der Waals surface area contributed by atoms with Gasteiger partial charge in [0.2, 0.25) is 0 Å². The van der Waals surface area contributed by atoms with E-state index in [4.69, 9.17) is 9.73 Å². The number of rotatable bonds is 2. The number of hydrogen-bond donors (Lipinski definition) is 1. The van der Waals surface area contributed by atoms with Crippen LogP contribution in [0, 0.1) is 5.41 Å². The summed E-state index contributed by atoms with van der Waals surface area (Å²) in [5.74, 6) is 2.04. The normalized spacial score (nSPS) is 20.8. The molecular formula is C15H19BrN2OS. The number of aliphatic imine (C=N–C) groups is 1. The Morgan fingerprint density at radius 1 is 1.30 bits per heavy atom. The Labute approximate surface area is 132 Å². The number of hydrogen-bond acceptors (Lipinski definition) is 4. The highest BCUT2D eigenvalue weighted by atomic mass is 79.9. The van der Waals surface area contributed by atoms with Crippen LogP contribution >= 0.6 is 27.7 Å². The zero-order valence-electron chi connectivity index (χ0n) is 11.6. The van der Waals surface area contributed by atoms with Gasteiger partial charge in [-0.05, 0) is 30.4 Å². The minimum absolute atomic E-state index is 0.491. The molecule has 0 aromatic heterocycles. The largest absolute Gasteiger partial charge is 0.497 e. The van der Waals surface area contributed by atoms with Crippen LogP contribution in [0.15, 0.2) is 27.7 Å². The van der Waals surface area contributed by atoms with Gasteiger partial charge in [0, 0.05) is 28.5 Å². The maximum Gasteiger partial charge on any atom is 0.161 e. The second-order valence-corrected chi connectivity index (χ2v) is 7.50. The molecule has 1 aromatic rings. The van der Waals surface area contributed by atoms with Crippen LogP contribution in [-0.4, -0.2) is 24.6 Å². The third-order valence-corrected chi connectivity index (χ3v) is 5.81. The second-order valence-electron chi connectivity index (χ2n) is 5.62. The summed E-state index contributed by atoms with van der Waals surface area (Å²) in [4.78, 5) is 4.76. The third-order valence-electron chi connectivity index (χ3n) is 4.10. The minimum Gasteiger partial charge on any atom is -0.497 e. The first-order valence-electron chi connectivity index (χ1n) is 6.98. The fourth-order valence-corrected chi connectivity index (χ4v) is 4.57. The van der Waals surface area contributed by atoms with E-state index in [-0.39, 0.29) is 0 Å². The highest BCUT2D eigenvalue weighted by molar-refractivity contribution is 9.10. The fraction of sp³-hybridized carbons (Fsp3) is 0.533. The summed E-state index contributed by atoms with van der Waals surface area (Å²) >= 11 is 5.36. The highest BCUT2D eigenvalue weighted by Crippen LogP contribution is 2.43. The maximum atomic E-state index is 5.28. The van der Waals surface area contributed by atoms with Gasteiger partial charge in [-0.25, -0.2) is 0 Å². The Morgan fingerprint density at radius 3 is 2.75 bits per heavy atom. The van der Waals surface area contributed by atoms with Crippen LogP contribution in [-0.2, 0) is 0 Å². The van der Waals surface area contributed by atoms with Crippen LogP contribution in [0.3, 0.4) is 0 Å². The predicted octanol–water partition coefficient (Wildman–Crippen LogP) is 4.53. The van der Waals surface area contributed by atoms with Crippen LogP contribution < -0.4 is 10.1 Å². The van der Waals surface area contributed by atoms with Crippen molar-refractivity contribution in [2.75, 3.05) is 24.7 Å². The van der Waals surface area contributed by atoms with Crippen molar-refractivity contribution in [1.82, 2.24) is 0 Å². The molecule has 0 atom stereocenters. The first-order valence-corrected chi connectivity index (χ1v) is 8.76. The Bertz CT molecular complexity index is 527. The fourth-order valence-electron chi connectivity index (χ4n) is 2.93. The minimum atomic E-state index is 0.491. The van der Waals surface area contributed by atoms with Gasteiger partial charge >= 0.3 is 0 Å². The van der Waals surface area contributed by atoms with E-state index in [1.165, 1.54) is 31.4 Å². The number of thioether (sulfide) groups is 1. The zero-order valence-corrected chi connectivity index (χ0v) is 14.0. The monoisotopic (exact) mass is 354 g/mol. The topological polar surface area (TPSA) is 33.6 Å². The van der Waals surface area contributed by atoms with E-state index in [1.54, 1.807) is 7.11 Å². The van der Waals surface area contributed by atoms with Gasteiger partial charge in [-0.15, -0.1) is 0 Å². The smallest absolute Gasteiger partial charge is 0.161 e. The van der Waals surface area contributed by atoms with Crippen molar-refractivity contribution in [2.45, 2.75) is 25.7 Å². The Balaban J connectivity index is 1.69. The number of halogens is 1. The molecule has 0 radical (unpaired) electrons. The number of methoxy groups -OCH3 is 1. The van der Waals surface area contributed by atoms with E-state index >= 15 is 0 Å². The van der Waals surface area contributed by atoms with Gasteiger partial charge in [0.1, 0.15) is 5.75 Å². The average molecular weight is 355 g/mol. The van der Waals surface area contributed by atoms with Crippen LogP contribution in [0.4, 0.5) is 5.69 Å². The molecule has 1 saturated carbocycles. The quantitative estimate of drug-likeness (QED) is 0.846. The lowest BCUT2D eigenvalue weighted by Gasteiger charge is -2.31. The number of benzene rings is 1. The summed E-state index contributed by atoms with van der Waals surface area (Å²) in [5.41, 5.74) is 1.51. The van der Waals surface area contributed by atoms with Crippen molar-refractivity contribution in [1.29, 1.82) is 0 Å². The van der Waals surface area contributed by atoms with Gasteiger partial charge < -0.3 is 10.1 Å². The van der Waals surface area contributed by atoms with Crippen LogP contribution in [0.5, 0.6) is 5.75 Å². The first-order chi connectivity index (χ1) is 9.69. The van der Waals surface area contributed by atoms with E-state index in [1.807, 2.05) is 30.0 Å². The molecule has 20 heavy (non-hydrogen) atoms. The average Bonchev–Trinajstić information content (AvgIpc) is 2.89. The van der Waals surface area contributed by atoms with Crippen LogP contribution in [0.2, 0.25) is 0 Å². The first kappa shape index (κ1) is 14.3. The lowest BCUT2D eigenvalue weighted by molar-refractivity contribution is 0.359. The van der Waals surface area contributed by atoms with Crippen molar-refractivity contribution in [2.24, 2.45) is 10.4 Å². The van der Waals surface area contributed by atoms with E-state index < -0.39 is 0 Å². The van der Waals surface area contributed by atoms with Crippen molar-refractivity contribution in [3.63, 3.8) is 0 Å². The number of amidine groups is 1. The number of nitrogens with one attached hydrogen (secondary N) is 1. The summed E-state index contributed by atoms with van der Waals surface area (Å²) in [5, 5.41) is 4.44. The molecule has 0 unspecified atom stereocenters. The molecule has 3 rings (SSSR count). The van der Waals surface area contributed by atoms with Crippen LogP contribution in [0.25, 0.3) is 0 Å². The SMILES string of the molecule is COc1cc(Br)cc(NC2=NCC3(CCCC3)CS2)c1. The van der Waals surface area contributed by atoms with E-state index in [0.717, 1.165) is 27.6 Å². The molecule has 1 aliphatic carbocycles. The molecule has 1 spiro atoms. The molecule has 0 saturated heterocycles. The summed E-state index contributed by atoms with van der Waals surface area (Å²) in [6, 6.07) is 5.99. The predicted molar refractivity (Wildman–Crippen MR) is 90.0 cm³/mol. The van der Waals surface area contributed by atoms with Gasteiger partial charge in [-0.1, -0.05) is 40.5 Å². The molecule has 2 aliphatic rings. The zero-order chi connectivity index (χ0) is 14.0. The highest BCUT2D eigenvalue weighted by Gasteiger charge is 2.36. The molecule has 0 bridgehead atoms. The molecular weight excluding hydrogens is 336 g/mol. The molecule has 1 aliphatic heterocycles. The molecule has 1 N–H and O–H groups in total. The summed E-state index contributed by atoms with van der Waals surface area (Å²) in [7, 11) is 1.68. The second kappa shape index (κ2) is 5.98. The number of anilines is 1. The van der Waals surface area contributed by atoms with Crippen LogP contribution in [0.1, 0.15) is 25.7 Å². The molecule has 1 fully saturated rings. The number of nitrogens with zero attached hydrogens (tertiary/aromatic N) is 1. The van der Waals surface area contributed by atoms with Gasteiger partial charge in [0.05, 0.1) is 7.11 Å². The molecule has 0 amide bonds. The summed E-state index contributed by atoms with van der Waals surface area (Å²) < 4.78 is 6.29. The van der Waals surface area contributed by atoms with E-state index in [9.17, 15) is 0 Å². The van der Waals surface area contributed by atoms with Crippen molar-refractivity contribution in [3.8, 4) is 5.75 Å². The van der Waals surface area contributed by atoms with Crippen molar-refractivity contribution in [3.05, 3.63) is 22.7 Å². The lowest BCUT2D eigenvalue weighted by Crippen LogP contribution is -2.30. The Morgan fingerprint density at radius 2 is 2.10 bits per heavy atom. The van der Waals surface area contributed by atoms with Gasteiger partial charge in [-0.3, -0.25) is 4.99 Å². The molecule has 108 valence electrons. The van der Waals surface area contributed by atoms with E-state index in [0.29, 0.717) is 5.41 Å². The van der Waals surface area contributed by atoms with E-state index in [2.05, 4.69) is 21.2 Å². The maximum absolute atomic E-state index is 5.28. The van der Waals surface area contributed by atoms with Crippen molar-refractivity contribution < 1.29 is 4.74 Å². The van der Waals surface area contributed by atoms with Gasteiger partial charge in [0.15, 0.2) is 5.17 Å². The van der Waals surface area contributed by atoms with Gasteiger partial charge in [0.25, 0.3) is 0 Å². The molecule has 1 heterocycles. The lowest BCUT2D eigenvalue weighted by atomic mass is 9.89. The number of ether oxygens (including phenoxy) is 1. The molecule has 5 heteroatoms. The third kappa shape index (κ3) is 3.14. The molecule has 1 aromatic carbocycles. The Hall–Kier alpha value is -0.680.